The molecule has 2 aromatic rings. The van der Waals surface area contributed by atoms with Crippen LogP contribution in [-0.4, -0.2) is 25.8 Å². The van der Waals surface area contributed by atoms with Gasteiger partial charge in [0.05, 0.1) is 5.69 Å². The first-order valence-electron chi connectivity index (χ1n) is 4.62. The maximum Gasteiger partial charge on any atom is 0.328 e. The van der Waals surface area contributed by atoms with Crippen molar-refractivity contribution in [3.8, 4) is 5.69 Å². The smallest absolute Gasteiger partial charge is 0.328 e. The van der Waals surface area contributed by atoms with E-state index in [0.717, 1.165) is 17.3 Å². The fourth-order valence-electron chi connectivity index (χ4n) is 1.28. The Balaban J connectivity index is 2.30. The SMILES string of the molecule is O=C(O)C=Cc1cccc(-n2cncn2)c1. The summed E-state index contributed by atoms with van der Waals surface area (Å²) in [6.07, 6.45) is 5.66. The van der Waals surface area contributed by atoms with Gasteiger partial charge < -0.3 is 5.11 Å². The van der Waals surface area contributed by atoms with Crippen LogP contribution in [0.15, 0.2) is 43.0 Å². The van der Waals surface area contributed by atoms with Crippen LogP contribution in [0.1, 0.15) is 5.56 Å². The summed E-state index contributed by atoms with van der Waals surface area (Å²) in [6, 6.07) is 7.35. The Bertz CT molecular complexity index is 518. The first kappa shape index (κ1) is 10.1. The molecule has 0 aliphatic heterocycles. The molecule has 0 atom stereocenters. The summed E-state index contributed by atoms with van der Waals surface area (Å²) < 4.78 is 1.61. The van der Waals surface area contributed by atoms with Crippen molar-refractivity contribution in [3.05, 3.63) is 48.6 Å². The van der Waals surface area contributed by atoms with Crippen molar-refractivity contribution < 1.29 is 9.90 Å². The lowest BCUT2D eigenvalue weighted by atomic mass is 10.2. The van der Waals surface area contributed by atoms with E-state index in [0.29, 0.717) is 0 Å². The summed E-state index contributed by atoms with van der Waals surface area (Å²) in [6.45, 7) is 0. The van der Waals surface area contributed by atoms with Crippen molar-refractivity contribution in [2.24, 2.45) is 0 Å². The average Bonchev–Trinajstić information content (AvgIpc) is 2.80. The van der Waals surface area contributed by atoms with E-state index in [1.165, 1.54) is 12.4 Å². The highest BCUT2D eigenvalue weighted by Gasteiger charge is 1.97. The van der Waals surface area contributed by atoms with Crippen LogP contribution >= 0.6 is 0 Å². The average molecular weight is 215 g/mol. The molecule has 0 saturated carbocycles. The van der Waals surface area contributed by atoms with Gasteiger partial charge in [-0.25, -0.2) is 14.5 Å². The fourth-order valence-corrected chi connectivity index (χ4v) is 1.28. The fraction of sp³-hybridized carbons (Fsp3) is 0. The molecule has 0 amide bonds. The van der Waals surface area contributed by atoms with E-state index in [1.807, 2.05) is 24.3 Å². The third kappa shape index (κ3) is 2.33. The van der Waals surface area contributed by atoms with Gasteiger partial charge in [-0.2, -0.15) is 5.10 Å². The van der Waals surface area contributed by atoms with Gasteiger partial charge in [0.2, 0.25) is 0 Å². The van der Waals surface area contributed by atoms with E-state index >= 15 is 0 Å². The molecular formula is C11H9N3O2. The Labute approximate surface area is 91.7 Å². The molecule has 2 rings (SSSR count). The molecular weight excluding hydrogens is 206 g/mol. The van der Waals surface area contributed by atoms with Gasteiger partial charge in [-0.05, 0) is 23.8 Å². The standard InChI is InChI=1S/C11H9N3O2/c15-11(16)5-4-9-2-1-3-10(6-9)14-8-12-7-13-14/h1-8H,(H,15,16). The molecule has 0 bridgehead atoms. The van der Waals surface area contributed by atoms with Crippen molar-refractivity contribution in [1.29, 1.82) is 0 Å². The molecule has 1 aromatic carbocycles. The first-order valence-corrected chi connectivity index (χ1v) is 4.62. The van der Waals surface area contributed by atoms with Gasteiger partial charge in [0.25, 0.3) is 0 Å². The van der Waals surface area contributed by atoms with E-state index in [-0.39, 0.29) is 0 Å². The molecule has 0 fully saturated rings. The molecule has 0 aliphatic rings. The molecule has 5 heteroatoms. The molecule has 0 radical (unpaired) electrons. The number of aliphatic carboxylic acids is 1. The van der Waals surface area contributed by atoms with Gasteiger partial charge >= 0.3 is 5.97 Å². The van der Waals surface area contributed by atoms with Crippen LogP contribution in [0.3, 0.4) is 0 Å². The Morgan fingerprint density at radius 3 is 3.00 bits per heavy atom. The number of benzene rings is 1. The summed E-state index contributed by atoms with van der Waals surface area (Å²) in [7, 11) is 0. The number of carboxylic acids is 1. The second-order valence-corrected chi connectivity index (χ2v) is 3.11. The lowest BCUT2D eigenvalue weighted by Crippen LogP contribution is -1.94. The molecule has 16 heavy (non-hydrogen) atoms. The lowest BCUT2D eigenvalue weighted by molar-refractivity contribution is -0.131. The van der Waals surface area contributed by atoms with Gasteiger partial charge in [0.15, 0.2) is 0 Å². The molecule has 0 unspecified atom stereocenters. The number of rotatable bonds is 3. The number of hydrogen-bond acceptors (Lipinski definition) is 3. The maximum absolute atomic E-state index is 10.4. The number of hydrogen-bond donors (Lipinski definition) is 1. The summed E-state index contributed by atoms with van der Waals surface area (Å²) in [5.74, 6) is -0.967. The molecule has 0 aliphatic carbocycles. The van der Waals surface area contributed by atoms with Crippen molar-refractivity contribution in [2.45, 2.75) is 0 Å². The van der Waals surface area contributed by atoms with Crippen molar-refractivity contribution in [1.82, 2.24) is 14.8 Å². The zero-order chi connectivity index (χ0) is 11.4. The van der Waals surface area contributed by atoms with Gasteiger partial charge in [-0.15, -0.1) is 0 Å². The monoisotopic (exact) mass is 215 g/mol. The number of nitrogens with zero attached hydrogens (tertiary/aromatic N) is 3. The number of aromatic nitrogens is 3. The summed E-state index contributed by atoms with van der Waals surface area (Å²) in [5, 5.41) is 12.5. The minimum Gasteiger partial charge on any atom is -0.478 e. The van der Waals surface area contributed by atoms with Crippen LogP contribution in [0.2, 0.25) is 0 Å². The second-order valence-electron chi connectivity index (χ2n) is 3.11. The number of carbonyl (C=O) groups is 1. The van der Waals surface area contributed by atoms with Gasteiger partial charge in [0.1, 0.15) is 12.7 Å². The van der Waals surface area contributed by atoms with Crippen LogP contribution in [0.25, 0.3) is 11.8 Å². The largest absolute Gasteiger partial charge is 0.478 e. The van der Waals surface area contributed by atoms with Gasteiger partial charge in [0, 0.05) is 6.08 Å². The maximum atomic E-state index is 10.4. The Hall–Kier alpha value is -2.43. The second kappa shape index (κ2) is 4.39. The lowest BCUT2D eigenvalue weighted by Gasteiger charge is -2.00. The molecule has 1 heterocycles. The van der Waals surface area contributed by atoms with Crippen molar-refractivity contribution in [2.75, 3.05) is 0 Å². The highest BCUT2D eigenvalue weighted by Crippen LogP contribution is 2.10. The van der Waals surface area contributed by atoms with Crippen LogP contribution in [-0.2, 0) is 4.79 Å². The zero-order valence-corrected chi connectivity index (χ0v) is 8.32. The van der Waals surface area contributed by atoms with Crippen molar-refractivity contribution in [3.63, 3.8) is 0 Å². The predicted octanol–water partition coefficient (Wildman–Crippen LogP) is 1.37. The summed E-state index contributed by atoms with van der Waals surface area (Å²) >= 11 is 0. The van der Waals surface area contributed by atoms with E-state index in [2.05, 4.69) is 10.1 Å². The summed E-state index contributed by atoms with van der Waals surface area (Å²) in [4.78, 5) is 14.2. The van der Waals surface area contributed by atoms with E-state index in [4.69, 9.17) is 5.11 Å². The van der Waals surface area contributed by atoms with Crippen molar-refractivity contribution >= 4 is 12.0 Å². The highest BCUT2D eigenvalue weighted by molar-refractivity contribution is 5.85. The molecule has 0 saturated heterocycles. The van der Waals surface area contributed by atoms with E-state index in [9.17, 15) is 4.79 Å². The molecule has 1 N–H and O–H groups in total. The Morgan fingerprint density at radius 1 is 1.44 bits per heavy atom. The third-order valence-electron chi connectivity index (χ3n) is 1.97. The first-order chi connectivity index (χ1) is 7.75. The topological polar surface area (TPSA) is 68.0 Å². The van der Waals surface area contributed by atoms with Crippen LogP contribution < -0.4 is 0 Å². The van der Waals surface area contributed by atoms with E-state index < -0.39 is 5.97 Å². The van der Waals surface area contributed by atoms with Gasteiger partial charge in [-0.1, -0.05) is 12.1 Å². The van der Waals surface area contributed by atoms with Gasteiger partial charge in [-0.3, -0.25) is 0 Å². The molecule has 5 nitrogen and oxygen atoms in total. The minimum absolute atomic E-state index is 0.801. The third-order valence-corrected chi connectivity index (χ3v) is 1.97. The summed E-state index contributed by atoms with van der Waals surface area (Å²) in [5.41, 5.74) is 1.64. The van der Waals surface area contributed by atoms with Crippen LogP contribution in [0.4, 0.5) is 0 Å². The Morgan fingerprint density at radius 2 is 2.31 bits per heavy atom. The Kier molecular flexibility index (Phi) is 2.77. The quantitative estimate of drug-likeness (QED) is 0.785. The molecule has 80 valence electrons. The van der Waals surface area contributed by atoms with Crippen LogP contribution in [0, 0.1) is 0 Å². The normalized spacial score (nSPS) is 10.8. The minimum atomic E-state index is -0.967. The molecule has 0 spiro atoms. The zero-order valence-electron chi connectivity index (χ0n) is 8.32. The number of carboxylic acid groups (broad SMARTS) is 1. The molecule has 1 aromatic heterocycles. The van der Waals surface area contributed by atoms with E-state index in [1.54, 1.807) is 11.0 Å². The predicted molar refractivity (Wildman–Crippen MR) is 58.0 cm³/mol. The highest BCUT2D eigenvalue weighted by atomic mass is 16.4. The van der Waals surface area contributed by atoms with Crippen LogP contribution in [0.5, 0.6) is 0 Å².